The van der Waals surface area contributed by atoms with Gasteiger partial charge < -0.3 is 14.4 Å². The van der Waals surface area contributed by atoms with Crippen LogP contribution in [0.2, 0.25) is 5.02 Å². The van der Waals surface area contributed by atoms with Crippen molar-refractivity contribution < 1.29 is 14.3 Å². The molecular weight excluding hydrogens is 328 g/mol. The Kier molecular flexibility index (Phi) is 4.62. The first kappa shape index (κ1) is 16.6. The summed E-state index contributed by atoms with van der Waals surface area (Å²) >= 11 is 5.86. The molecule has 0 atom stereocenters. The van der Waals surface area contributed by atoms with E-state index in [0.29, 0.717) is 29.6 Å². The number of aromatic nitrogens is 1. The standard InChI is InChI=1S/C18H19ClN2O3/c1-18(2,24-14-7-5-13(19)6-8-14)17(22)21-11-16(12-21)23-15-4-3-9-20-10-15/h3-10,16H,11-12H2,1-2H3. The third-order valence-corrected chi connectivity index (χ3v) is 4.03. The van der Waals surface area contributed by atoms with Crippen molar-refractivity contribution in [3.8, 4) is 11.5 Å². The number of carbonyl (C=O) groups is 1. The van der Waals surface area contributed by atoms with Gasteiger partial charge in [0.05, 0.1) is 19.3 Å². The third-order valence-electron chi connectivity index (χ3n) is 3.77. The maximum atomic E-state index is 12.6. The summed E-state index contributed by atoms with van der Waals surface area (Å²) in [5.74, 6) is 1.26. The van der Waals surface area contributed by atoms with Gasteiger partial charge in [0, 0.05) is 11.2 Å². The molecule has 2 heterocycles. The first-order chi connectivity index (χ1) is 11.4. The highest BCUT2D eigenvalue weighted by Crippen LogP contribution is 2.25. The molecule has 126 valence electrons. The lowest BCUT2D eigenvalue weighted by molar-refractivity contribution is -0.154. The Labute approximate surface area is 146 Å². The molecule has 24 heavy (non-hydrogen) atoms. The minimum atomic E-state index is -0.951. The summed E-state index contributed by atoms with van der Waals surface area (Å²) in [4.78, 5) is 18.4. The molecule has 1 aromatic carbocycles. The van der Waals surface area contributed by atoms with Gasteiger partial charge in [0.25, 0.3) is 5.91 Å². The molecule has 1 saturated heterocycles. The molecular formula is C18H19ClN2O3. The largest absolute Gasteiger partial charge is 0.485 e. The summed E-state index contributed by atoms with van der Waals surface area (Å²) in [6.45, 7) is 4.61. The highest BCUT2D eigenvalue weighted by Gasteiger charge is 2.41. The van der Waals surface area contributed by atoms with Gasteiger partial charge >= 0.3 is 0 Å². The van der Waals surface area contributed by atoms with E-state index in [4.69, 9.17) is 21.1 Å². The van der Waals surface area contributed by atoms with Crippen LogP contribution in [0, 0.1) is 0 Å². The third kappa shape index (κ3) is 3.79. The number of likely N-dealkylation sites (tertiary alicyclic amines) is 1. The maximum absolute atomic E-state index is 12.6. The monoisotopic (exact) mass is 346 g/mol. The van der Waals surface area contributed by atoms with Gasteiger partial charge in [0.1, 0.15) is 17.6 Å². The Balaban J connectivity index is 1.54. The van der Waals surface area contributed by atoms with Crippen molar-refractivity contribution in [3.63, 3.8) is 0 Å². The number of pyridine rings is 1. The number of amides is 1. The van der Waals surface area contributed by atoms with Crippen LogP contribution in [0.25, 0.3) is 0 Å². The van der Waals surface area contributed by atoms with Crippen LogP contribution in [0.5, 0.6) is 11.5 Å². The second-order valence-corrected chi connectivity index (χ2v) is 6.64. The molecule has 1 amide bonds. The van der Waals surface area contributed by atoms with Gasteiger partial charge in [-0.1, -0.05) is 11.6 Å². The van der Waals surface area contributed by atoms with Crippen LogP contribution in [-0.4, -0.2) is 40.6 Å². The molecule has 0 radical (unpaired) electrons. The van der Waals surface area contributed by atoms with E-state index in [1.165, 1.54) is 0 Å². The molecule has 0 bridgehead atoms. The molecule has 0 unspecified atom stereocenters. The maximum Gasteiger partial charge on any atom is 0.266 e. The quantitative estimate of drug-likeness (QED) is 0.834. The average Bonchev–Trinajstić information content (AvgIpc) is 2.53. The Morgan fingerprint density at radius 3 is 2.54 bits per heavy atom. The normalized spacial score (nSPS) is 14.9. The summed E-state index contributed by atoms with van der Waals surface area (Å²) < 4.78 is 11.6. The van der Waals surface area contributed by atoms with Crippen LogP contribution in [0.1, 0.15) is 13.8 Å². The van der Waals surface area contributed by atoms with E-state index in [1.54, 1.807) is 55.4 Å². The molecule has 5 nitrogen and oxygen atoms in total. The fourth-order valence-corrected chi connectivity index (χ4v) is 2.64. The minimum Gasteiger partial charge on any atom is -0.485 e. The lowest BCUT2D eigenvalue weighted by atomic mass is 10.0. The van der Waals surface area contributed by atoms with Gasteiger partial charge in [-0.05, 0) is 50.2 Å². The zero-order valence-corrected chi connectivity index (χ0v) is 14.4. The van der Waals surface area contributed by atoms with Crippen molar-refractivity contribution >= 4 is 17.5 Å². The van der Waals surface area contributed by atoms with Gasteiger partial charge in [-0.2, -0.15) is 0 Å². The van der Waals surface area contributed by atoms with Crippen LogP contribution in [0.3, 0.4) is 0 Å². The average molecular weight is 347 g/mol. The second kappa shape index (κ2) is 6.69. The number of carbonyl (C=O) groups excluding carboxylic acids is 1. The van der Waals surface area contributed by atoms with E-state index in [2.05, 4.69) is 4.98 Å². The molecule has 1 aliphatic heterocycles. The molecule has 1 fully saturated rings. The number of rotatable bonds is 5. The van der Waals surface area contributed by atoms with Crippen LogP contribution in [0.4, 0.5) is 0 Å². The summed E-state index contributed by atoms with van der Waals surface area (Å²) in [5, 5.41) is 0.629. The lowest BCUT2D eigenvalue weighted by Gasteiger charge is -2.42. The number of ether oxygens (including phenoxy) is 2. The predicted molar refractivity (Wildman–Crippen MR) is 91.4 cm³/mol. The van der Waals surface area contributed by atoms with E-state index in [0.717, 1.165) is 0 Å². The SMILES string of the molecule is CC(C)(Oc1ccc(Cl)cc1)C(=O)N1CC(Oc2cccnc2)C1. The number of benzene rings is 1. The van der Waals surface area contributed by atoms with Crippen molar-refractivity contribution in [2.45, 2.75) is 25.6 Å². The summed E-state index contributed by atoms with van der Waals surface area (Å²) in [6.07, 6.45) is 3.35. The number of hydrogen-bond donors (Lipinski definition) is 0. The van der Waals surface area contributed by atoms with Crippen molar-refractivity contribution in [3.05, 3.63) is 53.8 Å². The Morgan fingerprint density at radius 2 is 1.92 bits per heavy atom. The highest BCUT2D eigenvalue weighted by atomic mass is 35.5. The number of nitrogens with zero attached hydrogens (tertiary/aromatic N) is 2. The van der Waals surface area contributed by atoms with Gasteiger partial charge in [0.2, 0.25) is 0 Å². The topological polar surface area (TPSA) is 51.7 Å². The molecule has 0 aliphatic carbocycles. The first-order valence-electron chi connectivity index (χ1n) is 7.75. The molecule has 1 aliphatic rings. The Bertz CT molecular complexity index is 698. The van der Waals surface area contributed by atoms with E-state index >= 15 is 0 Å². The summed E-state index contributed by atoms with van der Waals surface area (Å²) in [6, 6.07) is 10.6. The van der Waals surface area contributed by atoms with Crippen molar-refractivity contribution in [1.29, 1.82) is 0 Å². The van der Waals surface area contributed by atoms with E-state index in [-0.39, 0.29) is 12.0 Å². The molecule has 0 N–H and O–H groups in total. The smallest absolute Gasteiger partial charge is 0.266 e. The molecule has 3 rings (SSSR count). The fraction of sp³-hybridized carbons (Fsp3) is 0.333. The molecule has 2 aromatic rings. The molecule has 1 aromatic heterocycles. The number of hydrogen-bond acceptors (Lipinski definition) is 4. The van der Waals surface area contributed by atoms with E-state index < -0.39 is 5.60 Å². The van der Waals surface area contributed by atoms with E-state index in [9.17, 15) is 4.79 Å². The van der Waals surface area contributed by atoms with Crippen molar-refractivity contribution in [1.82, 2.24) is 9.88 Å². The van der Waals surface area contributed by atoms with Crippen LogP contribution in [-0.2, 0) is 4.79 Å². The zero-order chi connectivity index (χ0) is 17.2. The summed E-state index contributed by atoms with van der Waals surface area (Å²) in [7, 11) is 0. The Hall–Kier alpha value is -2.27. The van der Waals surface area contributed by atoms with Crippen molar-refractivity contribution in [2.24, 2.45) is 0 Å². The predicted octanol–water partition coefficient (Wildman–Crippen LogP) is 3.18. The fourth-order valence-electron chi connectivity index (χ4n) is 2.51. The second-order valence-electron chi connectivity index (χ2n) is 6.21. The lowest BCUT2D eigenvalue weighted by Crippen LogP contribution is -2.61. The first-order valence-corrected chi connectivity index (χ1v) is 8.12. The van der Waals surface area contributed by atoms with Gasteiger partial charge in [0.15, 0.2) is 5.60 Å². The van der Waals surface area contributed by atoms with Gasteiger partial charge in [-0.3, -0.25) is 9.78 Å². The molecule has 0 saturated carbocycles. The van der Waals surface area contributed by atoms with Crippen molar-refractivity contribution in [2.75, 3.05) is 13.1 Å². The summed E-state index contributed by atoms with van der Waals surface area (Å²) in [5.41, 5.74) is -0.951. The van der Waals surface area contributed by atoms with Crippen LogP contribution in [0.15, 0.2) is 48.8 Å². The number of halogens is 1. The van der Waals surface area contributed by atoms with Crippen LogP contribution < -0.4 is 9.47 Å². The minimum absolute atomic E-state index is 0.00974. The zero-order valence-electron chi connectivity index (χ0n) is 13.6. The molecule has 6 heteroatoms. The van der Waals surface area contributed by atoms with Gasteiger partial charge in [-0.25, -0.2) is 0 Å². The highest BCUT2D eigenvalue weighted by molar-refractivity contribution is 6.30. The van der Waals surface area contributed by atoms with Crippen LogP contribution >= 0.6 is 11.6 Å². The Morgan fingerprint density at radius 1 is 1.21 bits per heavy atom. The van der Waals surface area contributed by atoms with E-state index in [1.807, 2.05) is 12.1 Å². The molecule has 0 spiro atoms. The van der Waals surface area contributed by atoms with Gasteiger partial charge in [-0.15, -0.1) is 0 Å².